The van der Waals surface area contributed by atoms with E-state index in [2.05, 4.69) is 6.92 Å². The van der Waals surface area contributed by atoms with Gasteiger partial charge < -0.3 is 9.84 Å². The first kappa shape index (κ1) is 13.0. The Morgan fingerprint density at radius 2 is 1.73 bits per heavy atom. The molecule has 1 saturated carbocycles. The minimum absolute atomic E-state index is 0.0966. The minimum Gasteiger partial charge on any atom is -0.393 e. The quantitative estimate of drug-likeness (QED) is 0.712. The van der Waals surface area contributed by atoms with E-state index in [1.165, 1.54) is 38.5 Å². The van der Waals surface area contributed by atoms with E-state index in [-0.39, 0.29) is 12.2 Å². The molecule has 1 N–H and O–H groups in total. The van der Waals surface area contributed by atoms with E-state index in [9.17, 15) is 5.11 Å². The molecule has 0 aliphatic heterocycles. The summed E-state index contributed by atoms with van der Waals surface area (Å²) >= 11 is 0. The van der Waals surface area contributed by atoms with E-state index >= 15 is 0 Å². The van der Waals surface area contributed by atoms with Gasteiger partial charge in [0, 0.05) is 7.11 Å². The minimum atomic E-state index is -0.0966. The lowest BCUT2D eigenvalue weighted by Gasteiger charge is -2.22. The number of aliphatic hydroxyl groups is 1. The molecule has 2 unspecified atom stereocenters. The maximum Gasteiger partial charge on any atom is 0.0569 e. The van der Waals surface area contributed by atoms with Crippen molar-refractivity contribution in [3.63, 3.8) is 0 Å². The number of hydrogen-bond donors (Lipinski definition) is 1. The maximum absolute atomic E-state index is 10.1. The average Bonchev–Trinajstić information content (AvgIpc) is 2.53. The van der Waals surface area contributed by atoms with Gasteiger partial charge in [-0.1, -0.05) is 25.7 Å². The van der Waals surface area contributed by atoms with Gasteiger partial charge in [-0.15, -0.1) is 0 Å². The Morgan fingerprint density at radius 1 is 1.13 bits per heavy atom. The zero-order chi connectivity index (χ0) is 11.1. The van der Waals surface area contributed by atoms with Gasteiger partial charge in [0.1, 0.15) is 0 Å². The van der Waals surface area contributed by atoms with Gasteiger partial charge >= 0.3 is 0 Å². The third-order valence-electron chi connectivity index (χ3n) is 3.72. The molecular weight excluding hydrogens is 188 g/mol. The molecule has 0 aromatic heterocycles. The summed E-state index contributed by atoms with van der Waals surface area (Å²) < 4.78 is 5.20. The molecule has 0 radical (unpaired) electrons. The molecule has 0 heterocycles. The Balaban J connectivity index is 2.22. The molecule has 0 spiro atoms. The Morgan fingerprint density at radius 3 is 2.27 bits per heavy atom. The van der Waals surface area contributed by atoms with Crippen molar-refractivity contribution in [1.29, 1.82) is 0 Å². The summed E-state index contributed by atoms with van der Waals surface area (Å²) in [5, 5.41) is 10.1. The van der Waals surface area contributed by atoms with Gasteiger partial charge in [-0.3, -0.25) is 0 Å². The van der Waals surface area contributed by atoms with Crippen LogP contribution in [-0.2, 0) is 4.74 Å². The molecule has 0 amide bonds. The maximum atomic E-state index is 10.1. The summed E-state index contributed by atoms with van der Waals surface area (Å²) in [5.74, 6) is 0.552. The normalized spacial score (nSPS) is 23.4. The van der Waals surface area contributed by atoms with Crippen molar-refractivity contribution >= 4 is 0 Å². The SMILES string of the molecule is COC(C)CCC(O)C1CCCCCC1. The summed E-state index contributed by atoms with van der Waals surface area (Å²) in [6.45, 7) is 2.07. The van der Waals surface area contributed by atoms with Crippen molar-refractivity contribution in [2.45, 2.75) is 70.5 Å². The number of aliphatic hydroxyl groups excluding tert-OH is 1. The zero-order valence-corrected chi connectivity index (χ0v) is 10.2. The number of rotatable bonds is 5. The second-order valence-electron chi connectivity index (χ2n) is 4.94. The molecule has 0 aromatic carbocycles. The average molecular weight is 214 g/mol. The van der Waals surface area contributed by atoms with E-state index in [4.69, 9.17) is 4.74 Å². The summed E-state index contributed by atoms with van der Waals surface area (Å²) in [7, 11) is 1.74. The van der Waals surface area contributed by atoms with Crippen LogP contribution >= 0.6 is 0 Å². The van der Waals surface area contributed by atoms with Crippen LogP contribution in [0.1, 0.15) is 58.3 Å². The highest BCUT2D eigenvalue weighted by molar-refractivity contribution is 4.72. The van der Waals surface area contributed by atoms with Crippen LogP contribution in [0.15, 0.2) is 0 Å². The third kappa shape index (κ3) is 4.98. The molecule has 15 heavy (non-hydrogen) atoms. The Labute approximate surface area is 94.0 Å². The molecular formula is C13H26O2. The second kappa shape index (κ2) is 7.24. The van der Waals surface area contributed by atoms with E-state index in [1.54, 1.807) is 7.11 Å². The van der Waals surface area contributed by atoms with Crippen LogP contribution in [0.4, 0.5) is 0 Å². The molecule has 0 bridgehead atoms. The molecule has 2 nitrogen and oxygen atoms in total. The fraction of sp³-hybridized carbons (Fsp3) is 1.00. The number of ether oxygens (including phenoxy) is 1. The molecule has 1 aliphatic carbocycles. The van der Waals surface area contributed by atoms with Crippen LogP contribution in [0, 0.1) is 5.92 Å². The summed E-state index contributed by atoms with van der Waals surface area (Å²) in [4.78, 5) is 0. The number of methoxy groups -OCH3 is 1. The largest absolute Gasteiger partial charge is 0.393 e. The lowest BCUT2D eigenvalue weighted by molar-refractivity contribution is 0.0560. The van der Waals surface area contributed by atoms with Gasteiger partial charge in [0.05, 0.1) is 12.2 Å². The second-order valence-corrected chi connectivity index (χ2v) is 4.94. The fourth-order valence-corrected chi connectivity index (χ4v) is 2.45. The molecule has 0 aromatic rings. The van der Waals surface area contributed by atoms with Gasteiger partial charge in [0.25, 0.3) is 0 Å². The van der Waals surface area contributed by atoms with Crippen LogP contribution in [0.25, 0.3) is 0 Å². The van der Waals surface area contributed by atoms with Crippen LogP contribution in [-0.4, -0.2) is 24.4 Å². The highest BCUT2D eigenvalue weighted by atomic mass is 16.5. The molecule has 1 aliphatic rings. The lowest BCUT2D eigenvalue weighted by atomic mass is 9.91. The van der Waals surface area contributed by atoms with Crippen molar-refractivity contribution in [2.75, 3.05) is 7.11 Å². The van der Waals surface area contributed by atoms with Crippen molar-refractivity contribution < 1.29 is 9.84 Å². The van der Waals surface area contributed by atoms with Crippen molar-refractivity contribution in [3.05, 3.63) is 0 Å². The summed E-state index contributed by atoms with van der Waals surface area (Å²) in [5.41, 5.74) is 0. The summed E-state index contributed by atoms with van der Waals surface area (Å²) in [6, 6.07) is 0. The molecule has 90 valence electrons. The molecule has 0 saturated heterocycles. The fourth-order valence-electron chi connectivity index (χ4n) is 2.45. The topological polar surface area (TPSA) is 29.5 Å². The lowest BCUT2D eigenvalue weighted by Crippen LogP contribution is -2.21. The Kier molecular flexibility index (Phi) is 6.26. The van der Waals surface area contributed by atoms with Crippen LogP contribution < -0.4 is 0 Å². The first-order chi connectivity index (χ1) is 7.24. The summed E-state index contributed by atoms with van der Waals surface area (Å²) in [6.07, 6.45) is 9.85. The van der Waals surface area contributed by atoms with Gasteiger partial charge in [-0.05, 0) is 38.5 Å². The highest BCUT2D eigenvalue weighted by Crippen LogP contribution is 2.27. The third-order valence-corrected chi connectivity index (χ3v) is 3.72. The predicted octanol–water partition coefficient (Wildman–Crippen LogP) is 3.13. The Hall–Kier alpha value is -0.0800. The van der Waals surface area contributed by atoms with Crippen molar-refractivity contribution in [2.24, 2.45) is 5.92 Å². The number of hydrogen-bond acceptors (Lipinski definition) is 2. The van der Waals surface area contributed by atoms with Crippen LogP contribution in [0.5, 0.6) is 0 Å². The first-order valence-corrected chi connectivity index (χ1v) is 6.45. The zero-order valence-electron chi connectivity index (χ0n) is 10.2. The first-order valence-electron chi connectivity index (χ1n) is 6.45. The van der Waals surface area contributed by atoms with Gasteiger partial charge in [0.15, 0.2) is 0 Å². The predicted molar refractivity (Wildman–Crippen MR) is 62.9 cm³/mol. The monoisotopic (exact) mass is 214 g/mol. The van der Waals surface area contributed by atoms with E-state index < -0.39 is 0 Å². The van der Waals surface area contributed by atoms with Gasteiger partial charge in [0.2, 0.25) is 0 Å². The molecule has 1 fully saturated rings. The standard InChI is InChI=1S/C13H26O2/c1-11(15-2)9-10-13(14)12-7-5-3-4-6-8-12/h11-14H,3-10H2,1-2H3. The van der Waals surface area contributed by atoms with E-state index in [0.717, 1.165) is 12.8 Å². The van der Waals surface area contributed by atoms with E-state index in [0.29, 0.717) is 5.92 Å². The van der Waals surface area contributed by atoms with Crippen LogP contribution in [0.2, 0.25) is 0 Å². The molecule has 2 atom stereocenters. The van der Waals surface area contributed by atoms with Crippen molar-refractivity contribution in [3.8, 4) is 0 Å². The highest BCUT2D eigenvalue weighted by Gasteiger charge is 2.20. The van der Waals surface area contributed by atoms with E-state index in [1.807, 2.05) is 0 Å². The van der Waals surface area contributed by atoms with Gasteiger partial charge in [-0.25, -0.2) is 0 Å². The Bertz CT molecular complexity index is 151. The van der Waals surface area contributed by atoms with Crippen LogP contribution in [0.3, 0.4) is 0 Å². The molecule has 2 heteroatoms. The smallest absolute Gasteiger partial charge is 0.0569 e. The van der Waals surface area contributed by atoms with Gasteiger partial charge in [-0.2, -0.15) is 0 Å². The molecule has 1 rings (SSSR count). The van der Waals surface area contributed by atoms with Crippen molar-refractivity contribution in [1.82, 2.24) is 0 Å².